The zero-order valence-electron chi connectivity index (χ0n) is 17.1. The average Bonchev–Trinajstić information content (AvgIpc) is 2.91. The Balaban J connectivity index is 2.25. The molecule has 1 aliphatic rings. The fourth-order valence-electron chi connectivity index (χ4n) is 4.46. The third-order valence-corrected chi connectivity index (χ3v) is 24.9. The van der Waals surface area contributed by atoms with E-state index in [9.17, 15) is 0 Å². The molecule has 6 heteroatoms. The summed E-state index contributed by atoms with van der Waals surface area (Å²) in [6, 6.07) is 20.8. The second kappa shape index (κ2) is 7.36. The highest BCUT2D eigenvalue weighted by Gasteiger charge is 2.51. The molecule has 0 amide bonds. The van der Waals surface area contributed by atoms with Crippen LogP contribution in [0.1, 0.15) is 11.1 Å². The van der Waals surface area contributed by atoms with E-state index >= 15 is 0 Å². The van der Waals surface area contributed by atoms with Gasteiger partial charge in [-0.3, -0.25) is 0 Å². The van der Waals surface area contributed by atoms with E-state index in [1.165, 1.54) is 0 Å². The zero-order chi connectivity index (χ0) is 19.9. The van der Waals surface area contributed by atoms with Crippen LogP contribution in [0, 0.1) is 0 Å². The Bertz CT molecular complexity index is 912. The number of nitrogens with zero attached hydrogens (tertiary/aromatic N) is 2. The maximum absolute atomic E-state index is 6.53. The van der Waals surface area contributed by atoms with Crippen molar-refractivity contribution in [2.24, 2.45) is 9.76 Å². The summed E-state index contributed by atoms with van der Waals surface area (Å²) in [5.41, 5.74) is 3.30. The number of hydrogen-bond acceptors (Lipinski definition) is 2. The fraction of sp³-hybridized carbons (Fsp3) is 0.333. The first-order valence-corrected chi connectivity index (χ1v) is 19.4. The van der Waals surface area contributed by atoms with E-state index in [1.54, 1.807) is 0 Å². The summed E-state index contributed by atoms with van der Waals surface area (Å²) in [4.78, 5) is 5.61. The van der Waals surface area contributed by atoms with Crippen molar-refractivity contribution in [3.8, 4) is 0 Å². The van der Waals surface area contributed by atoms with Gasteiger partial charge >= 0.3 is 0 Å². The molecule has 1 unspecified atom stereocenters. The lowest BCUT2D eigenvalue weighted by Crippen LogP contribution is -2.53. The molecule has 2 aromatic rings. The highest BCUT2D eigenvalue weighted by atomic mass is 32.4. The highest BCUT2D eigenvalue weighted by Crippen LogP contribution is 2.63. The highest BCUT2D eigenvalue weighted by molar-refractivity contribution is 8.24. The minimum absolute atomic E-state index is 0.521. The Morgan fingerprint density at radius 2 is 1.19 bits per heavy atom. The van der Waals surface area contributed by atoms with Crippen molar-refractivity contribution in [3.63, 3.8) is 0 Å². The van der Waals surface area contributed by atoms with E-state index in [1.807, 2.05) is 18.2 Å². The van der Waals surface area contributed by atoms with Gasteiger partial charge in [-0.25, -0.2) is 9.76 Å². The van der Waals surface area contributed by atoms with Gasteiger partial charge in [0, 0.05) is 16.0 Å². The van der Waals surface area contributed by atoms with Crippen LogP contribution in [0.5, 0.6) is 0 Å². The molecule has 0 fully saturated rings. The summed E-state index contributed by atoms with van der Waals surface area (Å²) >= 11 is 6.53. The summed E-state index contributed by atoms with van der Waals surface area (Å²) in [6.07, 6.45) is -2.18. The quantitative estimate of drug-likeness (QED) is 0.399. The zero-order valence-corrected chi connectivity index (χ0v) is 20.8. The second-order valence-corrected chi connectivity index (χ2v) is 25.6. The molecule has 0 N–H and O–H groups in total. The number of rotatable bonds is 5. The van der Waals surface area contributed by atoms with Gasteiger partial charge in [-0.1, -0.05) is 112 Å². The maximum Gasteiger partial charge on any atom is 0.160 e. The molecule has 0 spiro atoms. The summed E-state index contributed by atoms with van der Waals surface area (Å²) in [5, 5.41) is 0. The summed E-state index contributed by atoms with van der Waals surface area (Å²) in [6.45, 7) is 14.8. The van der Waals surface area contributed by atoms with Crippen molar-refractivity contribution in [1.82, 2.24) is 0 Å². The molecule has 142 valence electrons. The first-order chi connectivity index (χ1) is 12.5. The van der Waals surface area contributed by atoms with E-state index in [0.29, 0.717) is 4.91 Å². The van der Waals surface area contributed by atoms with Crippen molar-refractivity contribution >= 4 is 45.4 Å². The molecular weight excluding hydrogens is 399 g/mol. The van der Waals surface area contributed by atoms with Crippen LogP contribution in [0.15, 0.2) is 70.4 Å². The van der Waals surface area contributed by atoms with Crippen molar-refractivity contribution in [2.45, 2.75) is 44.2 Å². The summed E-state index contributed by atoms with van der Waals surface area (Å²) < 4.78 is 5.29. The first kappa shape index (κ1) is 20.6. The van der Waals surface area contributed by atoms with E-state index in [2.05, 4.69) is 81.7 Å². The molecule has 27 heavy (non-hydrogen) atoms. The molecule has 3 rings (SSSR count). The third kappa shape index (κ3) is 4.16. The Morgan fingerprint density at radius 1 is 0.741 bits per heavy atom. The largest absolute Gasteiger partial charge is 0.227 e. The van der Waals surface area contributed by atoms with Crippen LogP contribution in [0.2, 0.25) is 39.3 Å². The number of hydrogen-bond donors (Lipinski definition) is 0. The molecule has 0 saturated heterocycles. The second-order valence-electron chi connectivity index (χ2n) is 9.35. The van der Waals surface area contributed by atoms with Gasteiger partial charge < -0.3 is 0 Å². The van der Waals surface area contributed by atoms with Gasteiger partial charge in [-0.05, 0) is 0 Å². The van der Waals surface area contributed by atoms with Crippen molar-refractivity contribution in [3.05, 3.63) is 71.8 Å². The van der Waals surface area contributed by atoms with Crippen LogP contribution in [-0.4, -0.2) is 32.3 Å². The third-order valence-electron chi connectivity index (χ3n) is 4.81. The van der Waals surface area contributed by atoms with Crippen molar-refractivity contribution < 1.29 is 0 Å². The molecule has 0 radical (unpaired) electrons. The normalized spacial score (nSPS) is 20.6. The van der Waals surface area contributed by atoms with Gasteiger partial charge in [0.2, 0.25) is 0 Å². The lowest BCUT2D eigenvalue weighted by molar-refractivity contribution is 1.44. The summed E-state index contributed by atoms with van der Waals surface area (Å²) in [5.74, 6) is 0.833. The van der Waals surface area contributed by atoms with E-state index in [-0.39, 0.29) is 0 Å². The predicted octanol–water partition coefficient (Wildman–Crippen LogP) is 6.41. The predicted molar refractivity (Wildman–Crippen MR) is 131 cm³/mol. The molecular formula is C21H29N2PSSi2. The van der Waals surface area contributed by atoms with Crippen molar-refractivity contribution in [1.29, 1.82) is 0 Å². The van der Waals surface area contributed by atoms with Gasteiger partial charge in [-0.2, -0.15) is 0 Å². The van der Waals surface area contributed by atoms with Crippen LogP contribution in [0.4, 0.5) is 0 Å². The molecule has 1 aliphatic heterocycles. The molecule has 1 heterocycles. The van der Waals surface area contributed by atoms with Crippen LogP contribution in [0.3, 0.4) is 0 Å². The minimum atomic E-state index is -2.18. The molecule has 0 bridgehead atoms. The fourth-order valence-corrected chi connectivity index (χ4v) is 32.3. The monoisotopic (exact) mass is 428 g/mol. The lowest BCUT2D eigenvalue weighted by Gasteiger charge is -2.43. The number of aliphatic imine (C=N–C) groups is 1. The maximum atomic E-state index is 6.53. The van der Waals surface area contributed by atoms with Gasteiger partial charge in [0.1, 0.15) is 11.6 Å². The first-order valence-electron chi connectivity index (χ1n) is 9.43. The standard InChI is InChI=1S/C21H29N2PSSi2/c1-26(2,3)21(27(4,5)6)24(25)20(18-15-11-8-12-16-18)22-19(23-24)17-13-9-7-10-14-17/h7-16,21H,1-6H3. The van der Waals surface area contributed by atoms with Crippen LogP contribution < -0.4 is 0 Å². The lowest BCUT2D eigenvalue weighted by atomic mass is 10.2. The average molecular weight is 429 g/mol. The number of amidine groups is 1. The Hall–Kier alpha value is -1.14. The molecule has 1 atom stereocenters. The van der Waals surface area contributed by atoms with Crippen LogP contribution in [-0.2, 0) is 11.8 Å². The Morgan fingerprint density at radius 3 is 1.63 bits per heavy atom. The molecule has 0 saturated carbocycles. The smallest absolute Gasteiger partial charge is 0.160 e. The summed E-state index contributed by atoms with van der Waals surface area (Å²) in [7, 11) is -3.09. The topological polar surface area (TPSA) is 24.7 Å². The number of benzene rings is 2. The molecule has 0 aliphatic carbocycles. The SMILES string of the molecule is C[Si](C)(C)C([Si](C)(C)C)P1(=S)N=C(c2ccccc2)N=C1c1ccccc1. The van der Waals surface area contributed by atoms with Gasteiger partial charge in [0.05, 0.1) is 16.1 Å². The Labute approximate surface area is 170 Å². The van der Waals surface area contributed by atoms with E-state index < -0.39 is 22.3 Å². The molecule has 0 aromatic heterocycles. The van der Waals surface area contributed by atoms with E-state index in [0.717, 1.165) is 22.4 Å². The minimum Gasteiger partial charge on any atom is -0.227 e. The van der Waals surface area contributed by atoms with Crippen LogP contribution in [0.25, 0.3) is 0 Å². The van der Waals surface area contributed by atoms with Gasteiger partial charge in [0.15, 0.2) is 5.84 Å². The van der Waals surface area contributed by atoms with Gasteiger partial charge in [-0.15, -0.1) is 0 Å². The van der Waals surface area contributed by atoms with Crippen LogP contribution >= 0.6 is 6.19 Å². The van der Waals surface area contributed by atoms with Crippen molar-refractivity contribution in [2.75, 3.05) is 0 Å². The molecule has 2 aromatic carbocycles. The van der Waals surface area contributed by atoms with Gasteiger partial charge in [0.25, 0.3) is 0 Å². The Kier molecular flexibility index (Phi) is 5.61. The molecule has 2 nitrogen and oxygen atoms in total. The van der Waals surface area contributed by atoms with E-state index in [4.69, 9.17) is 21.6 Å².